The molecule has 0 spiro atoms. The number of hydrogen-bond acceptors (Lipinski definition) is 4. The van der Waals surface area contributed by atoms with E-state index in [1.54, 1.807) is 0 Å². The Balaban J connectivity index is 1.69. The molecule has 0 bridgehead atoms. The van der Waals surface area contributed by atoms with Gasteiger partial charge in [-0.15, -0.1) is 0 Å². The summed E-state index contributed by atoms with van der Waals surface area (Å²) in [5, 5.41) is 3.64. The molecule has 2 saturated carbocycles. The van der Waals surface area contributed by atoms with Crippen LogP contribution in [-0.4, -0.2) is 18.9 Å². The zero-order valence-electron chi connectivity index (χ0n) is 21.4. The van der Waals surface area contributed by atoms with Crippen LogP contribution in [0.4, 0.5) is 0 Å². The minimum atomic E-state index is 0.0110. The third-order valence-electron chi connectivity index (χ3n) is 9.22. The maximum Gasteiger partial charge on any atom is 0.0994 e. The van der Waals surface area contributed by atoms with E-state index in [0.29, 0.717) is 23.7 Å². The molecular formula is C28H51N3O. The smallest absolute Gasteiger partial charge is 0.0994 e. The molecule has 1 heterocycles. The Morgan fingerprint density at radius 3 is 2.44 bits per heavy atom. The third-order valence-corrected chi connectivity index (χ3v) is 9.22. The van der Waals surface area contributed by atoms with E-state index in [1.165, 1.54) is 69.1 Å². The predicted molar refractivity (Wildman–Crippen MR) is 136 cm³/mol. The zero-order valence-corrected chi connectivity index (χ0v) is 21.4. The van der Waals surface area contributed by atoms with Gasteiger partial charge in [-0.25, -0.2) is 0 Å². The Morgan fingerprint density at radius 1 is 1.06 bits per heavy atom. The van der Waals surface area contributed by atoms with Gasteiger partial charge in [0.15, 0.2) is 0 Å². The molecule has 32 heavy (non-hydrogen) atoms. The summed E-state index contributed by atoms with van der Waals surface area (Å²) in [6.07, 6.45) is 19.4. The first kappa shape index (κ1) is 25.8. The molecular weight excluding hydrogens is 394 g/mol. The van der Waals surface area contributed by atoms with E-state index in [1.807, 2.05) is 0 Å². The van der Waals surface area contributed by atoms with Crippen molar-refractivity contribution in [2.24, 2.45) is 40.6 Å². The Bertz CT molecular complexity index is 639. The van der Waals surface area contributed by atoms with Crippen molar-refractivity contribution in [2.75, 3.05) is 6.61 Å². The second kappa shape index (κ2) is 12.0. The first-order valence-electron chi connectivity index (χ1n) is 13.7. The highest BCUT2D eigenvalue weighted by Crippen LogP contribution is 2.52. The fourth-order valence-electron chi connectivity index (χ4n) is 6.85. The first-order chi connectivity index (χ1) is 15.4. The van der Waals surface area contributed by atoms with Gasteiger partial charge in [0.05, 0.1) is 24.7 Å². The van der Waals surface area contributed by atoms with Crippen LogP contribution in [0.2, 0.25) is 0 Å². The summed E-state index contributed by atoms with van der Waals surface area (Å²) in [5.74, 6) is 3.52. The second-order valence-corrected chi connectivity index (χ2v) is 11.2. The van der Waals surface area contributed by atoms with E-state index in [4.69, 9.17) is 16.2 Å². The molecule has 2 fully saturated rings. The normalized spacial score (nSPS) is 34.9. The van der Waals surface area contributed by atoms with Crippen LogP contribution in [-0.2, 0) is 4.74 Å². The van der Waals surface area contributed by atoms with Gasteiger partial charge in [-0.2, -0.15) is 0 Å². The van der Waals surface area contributed by atoms with Crippen molar-refractivity contribution in [1.82, 2.24) is 5.32 Å². The lowest BCUT2D eigenvalue weighted by Crippen LogP contribution is -2.56. The molecule has 6 unspecified atom stereocenters. The summed E-state index contributed by atoms with van der Waals surface area (Å²) in [4.78, 5) is 0. The summed E-state index contributed by atoms with van der Waals surface area (Å²) < 4.78 is 6.33. The largest absolute Gasteiger partial charge is 0.498 e. The maximum atomic E-state index is 6.76. The molecule has 0 amide bonds. The molecule has 184 valence electrons. The van der Waals surface area contributed by atoms with Crippen LogP contribution in [0.15, 0.2) is 23.5 Å². The van der Waals surface area contributed by atoms with Gasteiger partial charge >= 0.3 is 0 Å². The van der Waals surface area contributed by atoms with Gasteiger partial charge in [-0.1, -0.05) is 58.6 Å². The number of allylic oxidation sites excluding steroid dienone is 4. The third kappa shape index (κ3) is 5.98. The van der Waals surface area contributed by atoms with Crippen LogP contribution in [0.1, 0.15) is 105 Å². The fraction of sp³-hybridized carbons (Fsp3) is 0.857. The van der Waals surface area contributed by atoms with Crippen LogP contribution in [0.3, 0.4) is 0 Å². The van der Waals surface area contributed by atoms with Gasteiger partial charge in [0.1, 0.15) is 0 Å². The molecule has 0 aromatic rings. The molecule has 1 aliphatic heterocycles. The monoisotopic (exact) mass is 445 g/mol. The quantitative estimate of drug-likeness (QED) is 0.387. The summed E-state index contributed by atoms with van der Waals surface area (Å²) in [5.41, 5.74) is 15.0. The van der Waals surface area contributed by atoms with Crippen molar-refractivity contribution < 1.29 is 4.74 Å². The molecule has 3 rings (SSSR count). The van der Waals surface area contributed by atoms with E-state index in [-0.39, 0.29) is 17.7 Å². The van der Waals surface area contributed by atoms with Crippen LogP contribution in [0.5, 0.6) is 0 Å². The lowest BCUT2D eigenvalue weighted by molar-refractivity contribution is 0.0390. The molecule has 5 N–H and O–H groups in total. The number of hydrogen-bond donors (Lipinski definition) is 3. The van der Waals surface area contributed by atoms with Crippen molar-refractivity contribution in [3.8, 4) is 0 Å². The van der Waals surface area contributed by atoms with Gasteiger partial charge in [-0.05, 0) is 86.5 Å². The van der Waals surface area contributed by atoms with E-state index in [9.17, 15) is 0 Å². The Morgan fingerprint density at radius 2 is 1.75 bits per heavy atom. The average Bonchev–Trinajstić information content (AvgIpc) is 2.93. The summed E-state index contributed by atoms with van der Waals surface area (Å²) in [6.45, 7) is 10.2. The van der Waals surface area contributed by atoms with Crippen LogP contribution in [0, 0.1) is 29.1 Å². The summed E-state index contributed by atoms with van der Waals surface area (Å²) in [6, 6.07) is 0. The predicted octanol–water partition coefficient (Wildman–Crippen LogP) is 6.23. The van der Waals surface area contributed by atoms with Crippen molar-refractivity contribution in [2.45, 2.75) is 117 Å². The molecule has 2 aliphatic carbocycles. The Kier molecular flexibility index (Phi) is 9.70. The number of nitrogens with two attached hydrogens (primary N) is 2. The second-order valence-electron chi connectivity index (χ2n) is 11.2. The molecule has 6 atom stereocenters. The van der Waals surface area contributed by atoms with E-state index >= 15 is 0 Å². The van der Waals surface area contributed by atoms with Gasteiger partial charge in [0.2, 0.25) is 0 Å². The molecule has 4 heteroatoms. The highest BCUT2D eigenvalue weighted by molar-refractivity contribution is 5.28. The molecule has 0 aromatic carbocycles. The van der Waals surface area contributed by atoms with Crippen molar-refractivity contribution in [3.63, 3.8) is 0 Å². The van der Waals surface area contributed by atoms with Crippen LogP contribution < -0.4 is 16.8 Å². The first-order valence-corrected chi connectivity index (χ1v) is 13.7. The minimum absolute atomic E-state index is 0.0110. The lowest BCUT2D eigenvalue weighted by atomic mass is 9.59. The molecule has 0 saturated heterocycles. The molecule has 4 nitrogen and oxygen atoms in total. The van der Waals surface area contributed by atoms with Gasteiger partial charge in [-0.3, -0.25) is 5.32 Å². The topological polar surface area (TPSA) is 73.3 Å². The van der Waals surface area contributed by atoms with E-state index < -0.39 is 0 Å². The molecule has 0 aromatic heterocycles. The zero-order chi connectivity index (χ0) is 23.1. The Hall–Kier alpha value is -0.840. The van der Waals surface area contributed by atoms with Crippen molar-refractivity contribution in [1.29, 1.82) is 0 Å². The van der Waals surface area contributed by atoms with E-state index in [0.717, 1.165) is 25.9 Å². The lowest BCUT2D eigenvalue weighted by Gasteiger charge is -2.47. The number of ether oxygens (including phenoxy) is 1. The van der Waals surface area contributed by atoms with Gasteiger partial charge < -0.3 is 16.2 Å². The van der Waals surface area contributed by atoms with E-state index in [2.05, 4.69) is 45.2 Å². The Labute approximate surface area is 198 Å². The van der Waals surface area contributed by atoms with Crippen LogP contribution in [0.25, 0.3) is 0 Å². The highest BCUT2D eigenvalue weighted by Gasteiger charge is 2.44. The van der Waals surface area contributed by atoms with Crippen molar-refractivity contribution >= 4 is 0 Å². The summed E-state index contributed by atoms with van der Waals surface area (Å²) >= 11 is 0. The average molecular weight is 446 g/mol. The van der Waals surface area contributed by atoms with Gasteiger partial charge in [0, 0.05) is 6.42 Å². The standard InChI is InChI=1S/C28H51N3O/c1-5-11-24-20(3)28(4,17-18-32-25(24)12-6-2)23-16-10-15-22(19-23)27(30)31-26(29)21-13-8-7-9-14-21/h5,11,20-23,26-27,31H,6-10,12-19,29-30H2,1-4H3/b11-5-. The number of nitrogens with one attached hydrogen (secondary N) is 1. The minimum Gasteiger partial charge on any atom is -0.498 e. The van der Waals surface area contributed by atoms with Gasteiger partial charge in [0.25, 0.3) is 0 Å². The highest BCUT2D eigenvalue weighted by atomic mass is 16.5. The fourth-order valence-corrected chi connectivity index (χ4v) is 6.85. The SMILES string of the molecule is C/C=C\C1=C(CCC)OCCC(C)(C2CCCC(C(N)NC(N)C3CCCCC3)C2)C1C. The van der Waals surface area contributed by atoms with Crippen LogP contribution >= 0.6 is 0 Å². The molecule has 0 radical (unpaired) electrons. The van der Waals surface area contributed by atoms with Crippen molar-refractivity contribution in [3.05, 3.63) is 23.5 Å². The summed E-state index contributed by atoms with van der Waals surface area (Å²) in [7, 11) is 0. The number of rotatable bonds is 8. The maximum absolute atomic E-state index is 6.76. The molecule has 3 aliphatic rings.